The number of halogens is 1. The predicted molar refractivity (Wildman–Crippen MR) is 78.8 cm³/mol. The largest absolute Gasteiger partial charge is 0.378 e. The molecule has 2 heterocycles. The van der Waals surface area contributed by atoms with E-state index in [1.54, 1.807) is 12.1 Å². The van der Waals surface area contributed by atoms with Crippen LogP contribution in [0.2, 0.25) is 0 Å². The zero-order chi connectivity index (χ0) is 13.8. The van der Waals surface area contributed by atoms with E-state index < -0.39 is 0 Å². The Balaban J connectivity index is 1.77. The minimum Gasteiger partial charge on any atom is -0.378 e. The van der Waals surface area contributed by atoms with E-state index in [9.17, 15) is 4.39 Å². The van der Waals surface area contributed by atoms with Crippen molar-refractivity contribution in [2.24, 2.45) is 0 Å². The van der Waals surface area contributed by atoms with Gasteiger partial charge >= 0.3 is 0 Å². The molecule has 0 amide bonds. The lowest BCUT2D eigenvalue weighted by Gasteiger charge is -2.32. The van der Waals surface area contributed by atoms with Crippen LogP contribution in [0.3, 0.4) is 0 Å². The number of hydrogen-bond acceptors (Lipinski definition) is 3. The molecular formula is C16H23FN2O. The molecule has 0 radical (unpaired) electrons. The zero-order valence-corrected chi connectivity index (χ0v) is 11.9. The van der Waals surface area contributed by atoms with Gasteiger partial charge in [-0.1, -0.05) is 12.5 Å². The molecule has 20 heavy (non-hydrogen) atoms. The summed E-state index contributed by atoms with van der Waals surface area (Å²) in [6.45, 7) is 4.29. The monoisotopic (exact) mass is 278 g/mol. The second-order valence-corrected chi connectivity index (χ2v) is 5.72. The van der Waals surface area contributed by atoms with E-state index in [4.69, 9.17) is 4.74 Å². The Morgan fingerprint density at radius 3 is 2.85 bits per heavy atom. The molecule has 1 aromatic rings. The molecule has 1 aromatic carbocycles. The molecule has 2 saturated heterocycles. The van der Waals surface area contributed by atoms with Gasteiger partial charge in [0.05, 0.1) is 13.2 Å². The van der Waals surface area contributed by atoms with Gasteiger partial charge in [0.1, 0.15) is 5.82 Å². The van der Waals surface area contributed by atoms with Crippen molar-refractivity contribution >= 4 is 5.69 Å². The average Bonchev–Trinajstić information content (AvgIpc) is 2.51. The maximum Gasteiger partial charge on any atom is 0.125 e. The lowest BCUT2D eigenvalue weighted by atomic mass is 9.96. The van der Waals surface area contributed by atoms with Crippen molar-refractivity contribution in [1.82, 2.24) is 5.32 Å². The van der Waals surface area contributed by atoms with Crippen LogP contribution in [-0.2, 0) is 11.2 Å². The highest BCUT2D eigenvalue weighted by molar-refractivity contribution is 5.54. The SMILES string of the molecule is Fc1ccc(CC2CCCCN2)c(N2CCOCC2)c1. The molecule has 0 saturated carbocycles. The average molecular weight is 278 g/mol. The lowest BCUT2D eigenvalue weighted by molar-refractivity contribution is 0.122. The van der Waals surface area contributed by atoms with E-state index in [2.05, 4.69) is 10.2 Å². The standard InChI is InChI=1S/C16H23FN2O/c17-14-5-4-13(11-15-3-1-2-6-18-15)16(12-14)19-7-9-20-10-8-19/h4-5,12,15,18H,1-3,6-11H2. The first-order valence-electron chi connectivity index (χ1n) is 7.67. The molecule has 0 aromatic heterocycles. The Bertz CT molecular complexity index is 440. The number of nitrogens with zero attached hydrogens (tertiary/aromatic N) is 1. The second-order valence-electron chi connectivity index (χ2n) is 5.72. The fourth-order valence-corrected chi connectivity index (χ4v) is 3.17. The van der Waals surface area contributed by atoms with E-state index in [0.29, 0.717) is 6.04 Å². The Kier molecular flexibility index (Phi) is 4.53. The first-order valence-corrected chi connectivity index (χ1v) is 7.67. The Hall–Kier alpha value is -1.13. The smallest absolute Gasteiger partial charge is 0.125 e. The highest BCUT2D eigenvalue weighted by Gasteiger charge is 2.19. The van der Waals surface area contributed by atoms with Gasteiger partial charge in [-0.3, -0.25) is 0 Å². The van der Waals surface area contributed by atoms with Crippen LogP contribution in [0.1, 0.15) is 24.8 Å². The van der Waals surface area contributed by atoms with Crippen LogP contribution in [0.25, 0.3) is 0 Å². The molecule has 2 fully saturated rings. The third-order valence-electron chi connectivity index (χ3n) is 4.28. The van der Waals surface area contributed by atoms with Crippen molar-refractivity contribution < 1.29 is 9.13 Å². The summed E-state index contributed by atoms with van der Waals surface area (Å²) in [5.74, 6) is -0.146. The van der Waals surface area contributed by atoms with E-state index >= 15 is 0 Å². The minimum atomic E-state index is -0.146. The number of hydrogen-bond donors (Lipinski definition) is 1. The molecular weight excluding hydrogens is 255 g/mol. The van der Waals surface area contributed by atoms with E-state index in [1.807, 2.05) is 6.07 Å². The van der Waals surface area contributed by atoms with Gasteiger partial charge in [-0.05, 0) is 43.5 Å². The molecule has 2 aliphatic rings. The van der Waals surface area contributed by atoms with Gasteiger partial charge in [0, 0.05) is 24.8 Å². The minimum absolute atomic E-state index is 0.146. The number of anilines is 1. The maximum absolute atomic E-state index is 13.6. The molecule has 2 aliphatic heterocycles. The topological polar surface area (TPSA) is 24.5 Å². The molecule has 3 nitrogen and oxygen atoms in total. The van der Waals surface area contributed by atoms with Gasteiger partial charge in [0.25, 0.3) is 0 Å². The molecule has 0 bridgehead atoms. The van der Waals surface area contributed by atoms with Crippen LogP contribution in [-0.4, -0.2) is 38.9 Å². The van der Waals surface area contributed by atoms with Crippen LogP contribution in [0.5, 0.6) is 0 Å². The van der Waals surface area contributed by atoms with Crippen molar-refractivity contribution in [2.45, 2.75) is 31.7 Å². The fourth-order valence-electron chi connectivity index (χ4n) is 3.17. The van der Waals surface area contributed by atoms with E-state index in [1.165, 1.54) is 24.8 Å². The summed E-state index contributed by atoms with van der Waals surface area (Å²) in [5.41, 5.74) is 2.31. The molecule has 1 atom stereocenters. The van der Waals surface area contributed by atoms with Gasteiger partial charge in [0.2, 0.25) is 0 Å². The molecule has 3 rings (SSSR count). The van der Waals surface area contributed by atoms with Crippen molar-refractivity contribution in [1.29, 1.82) is 0 Å². The Labute approximate surface area is 120 Å². The number of ether oxygens (including phenoxy) is 1. The highest BCUT2D eigenvalue weighted by Crippen LogP contribution is 2.25. The quantitative estimate of drug-likeness (QED) is 0.918. The number of piperidine rings is 1. The van der Waals surface area contributed by atoms with Crippen LogP contribution < -0.4 is 10.2 Å². The zero-order valence-electron chi connectivity index (χ0n) is 11.9. The predicted octanol–water partition coefficient (Wildman–Crippen LogP) is 2.35. The summed E-state index contributed by atoms with van der Waals surface area (Å²) in [7, 11) is 0. The number of benzene rings is 1. The third-order valence-corrected chi connectivity index (χ3v) is 4.28. The van der Waals surface area contributed by atoms with Gasteiger partial charge in [-0.2, -0.15) is 0 Å². The van der Waals surface area contributed by atoms with E-state index in [-0.39, 0.29) is 5.82 Å². The first kappa shape index (κ1) is 13.8. The summed E-state index contributed by atoms with van der Waals surface area (Å²) >= 11 is 0. The number of morpholine rings is 1. The molecule has 0 aliphatic carbocycles. The van der Waals surface area contributed by atoms with Crippen LogP contribution in [0.4, 0.5) is 10.1 Å². The fraction of sp³-hybridized carbons (Fsp3) is 0.625. The molecule has 1 N–H and O–H groups in total. The Morgan fingerprint density at radius 2 is 2.10 bits per heavy atom. The summed E-state index contributed by atoms with van der Waals surface area (Å²) < 4.78 is 19.0. The van der Waals surface area contributed by atoms with Crippen LogP contribution >= 0.6 is 0 Å². The summed E-state index contributed by atoms with van der Waals surface area (Å²) in [4.78, 5) is 2.25. The van der Waals surface area contributed by atoms with Gasteiger partial charge in [0.15, 0.2) is 0 Å². The van der Waals surface area contributed by atoms with Crippen molar-refractivity contribution in [2.75, 3.05) is 37.7 Å². The molecule has 1 unspecified atom stereocenters. The van der Waals surface area contributed by atoms with Gasteiger partial charge < -0.3 is 15.0 Å². The normalized spacial score (nSPS) is 23.9. The summed E-state index contributed by atoms with van der Waals surface area (Å²) in [6.07, 6.45) is 4.79. The second kappa shape index (κ2) is 6.55. The van der Waals surface area contributed by atoms with Crippen molar-refractivity contribution in [3.63, 3.8) is 0 Å². The summed E-state index contributed by atoms with van der Waals surface area (Å²) in [5, 5.41) is 3.58. The maximum atomic E-state index is 13.6. The molecule has 110 valence electrons. The number of nitrogens with one attached hydrogen (secondary N) is 1. The Morgan fingerprint density at radius 1 is 1.25 bits per heavy atom. The highest BCUT2D eigenvalue weighted by atomic mass is 19.1. The van der Waals surface area contributed by atoms with Gasteiger partial charge in [-0.15, -0.1) is 0 Å². The molecule has 4 heteroatoms. The van der Waals surface area contributed by atoms with Crippen LogP contribution in [0, 0.1) is 5.82 Å². The summed E-state index contributed by atoms with van der Waals surface area (Å²) in [6, 6.07) is 5.76. The lowest BCUT2D eigenvalue weighted by Crippen LogP contribution is -2.38. The third kappa shape index (κ3) is 3.30. The van der Waals surface area contributed by atoms with Crippen LogP contribution in [0.15, 0.2) is 18.2 Å². The van der Waals surface area contributed by atoms with E-state index in [0.717, 1.165) is 45.0 Å². The number of rotatable bonds is 3. The van der Waals surface area contributed by atoms with Crippen molar-refractivity contribution in [3.05, 3.63) is 29.6 Å². The van der Waals surface area contributed by atoms with Gasteiger partial charge in [-0.25, -0.2) is 4.39 Å². The first-order chi connectivity index (χ1) is 9.83. The van der Waals surface area contributed by atoms with Crippen molar-refractivity contribution in [3.8, 4) is 0 Å². The molecule has 0 spiro atoms.